The average Bonchev–Trinajstić information content (AvgIpc) is 2.82. The fourth-order valence-electron chi connectivity index (χ4n) is 2.05. The van der Waals surface area contributed by atoms with Crippen LogP contribution in [0.5, 0.6) is 0 Å². The summed E-state index contributed by atoms with van der Waals surface area (Å²) < 4.78 is 0. The number of nitrogens with two attached hydrogens (primary N) is 1. The van der Waals surface area contributed by atoms with Crippen molar-refractivity contribution in [2.24, 2.45) is 11.7 Å². The molecule has 1 rings (SSSR count). The summed E-state index contributed by atoms with van der Waals surface area (Å²) in [7, 11) is 0. The van der Waals surface area contributed by atoms with Gasteiger partial charge in [-0.3, -0.25) is 9.59 Å². The molecule has 0 saturated carbocycles. The molecular formula is C13H26N4O2. The number of carbonyl (C=O) groups excluding carboxylic acids is 2. The summed E-state index contributed by atoms with van der Waals surface area (Å²) in [5.74, 6) is 0.0881. The lowest BCUT2D eigenvalue weighted by Crippen LogP contribution is -2.48. The number of carbonyl (C=O) groups is 2. The third kappa shape index (κ3) is 5.16. The van der Waals surface area contributed by atoms with Gasteiger partial charge in [-0.15, -0.1) is 0 Å². The van der Waals surface area contributed by atoms with Gasteiger partial charge < -0.3 is 21.7 Å². The van der Waals surface area contributed by atoms with Gasteiger partial charge >= 0.3 is 0 Å². The Kier molecular flexibility index (Phi) is 6.24. The van der Waals surface area contributed by atoms with Crippen molar-refractivity contribution in [1.29, 1.82) is 0 Å². The van der Waals surface area contributed by atoms with Crippen molar-refractivity contribution >= 4 is 11.8 Å². The molecule has 1 fully saturated rings. The predicted octanol–water partition coefficient (Wildman–Crippen LogP) is -0.657. The van der Waals surface area contributed by atoms with E-state index in [0.29, 0.717) is 13.0 Å². The van der Waals surface area contributed by atoms with Crippen molar-refractivity contribution < 1.29 is 9.59 Å². The summed E-state index contributed by atoms with van der Waals surface area (Å²) in [5.41, 5.74) is 5.80. The van der Waals surface area contributed by atoms with E-state index in [1.165, 1.54) is 0 Å². The molecule has 3 atom stereocenters. The number of hydrogen-bond acceptors (Lipinski definition) is 4. The highest BCUT2D eigenvalue weighted by atomic mass is 16.2. The second-order valence-corrected chi connectivity index (χ2v) is 5.47. The number of nitrogens with one attached hydrogen (secondary N) is 3. The maximum absolute atomic E-state index is 11.8. The lowest BCUT2D eigenvalue weighted by molar-refractivity contribution is -0.124. The summed E-state index contributed by atoms with van der Waals surface area (Å²) in [6.07, 6.45) is 1.32. The van der Waals surface area contributed by atoms with E-state index in [9.17, 15) is 9.59 Å². The number of hydrogen-bond donors (Lipinski definition) is 4. The molecule has 1 aliphatic rings. The highest BCUT2D eigenvalue weighted by Gasteiger charge is 2.27. The molecule has 0 aromatic rings. The molecule has 0 aliphatic carbocycles. The smallest absolute Gasteiger partial charge is 0.237 e. The zero-order valence-electron chi connectivity index (χ0n) is 12.0. The van der Waals surface area contributed by atoms with E-state index in [0.717, 1.165) is 13.0 Å². The summed E-state index contributed by atoms with van der Waals surface area (Å²) in [6, 6.07) is -0.143. The molecule has 6 heteroatoms. The minimum Gasteiger partial charge on any atom is -0.355 e. The van der Waals surface area contributed by atoms with Crippen LogP contribution in [0.4, 0.5) is 0 Å². The SMILES string of the molecule is CCC(=O)NC[C@@H]1CC(NC(=O)[C@H](N)C(C)C)CN1. The van der Waals surface area contributed by atoms with Crippen LogP contribution in [0.1, 0.15) is 33.6 Å². The van der Waals surface area contributed by atoms with Crippen molar-refractivity contribution in [3.8, 4) is 0 Å². The van der Waals surface area contributed by atoms with Crippen LogP contribution in [0, 0.1) is 5.92 Å². The van der Waals surface area contributed by atoms with E-state index in [2.05, 4.69) is 16.0 Å². The summed E-state index contributed by atoms with van der Waals surface area (Å²) in [4.78, 5) is 23.0. The van der Waals surface area contributed by atoms with Gasteiger partial charge in [0.15, 0.2) is 0 Å². The lowest BCUT2D eigenvalue weighted by atomic mass is 10.0. The van der Waals surface area contributed by atoms with E-state index in [-0.39, 0.29) is 29.8 Å². The van der Waals surface area contributed by atoms with Crippen molar-refractivity contribution in [1.82, 2.24) is 16.0 Å². The molecule has 19 heavy (non-hydrogen) atoms. The Morgan fingerprint density at radius 2 is 2.11 bits per heavy atom. The van der Waals surface area contributed by atoms with Gasteiger partial charge in [-0.25, -0.2) is 0 Å². The van der Waals surface area contributed by atoms with Crippen LogP contribution < -0.4 is 21.7 Å². The fraction of sp³-hybridized carbons (Fsp3) is 0.846. The van der Waals surface area contributed by atoms with Crippen molar-refractivity contribution in [3.63, 3.8) is 0 Å². The molecule has 1 saturated heterocycles. The van der Waals surface area contributed by atoms with E-state index >= 15 is 0 Å². The highest BCUT2D eigenvalue weighted by molar-refractivity contribution is 5.82. The molecule has 1 heterocycles. The first kappa shape index (κ1) is 15.9. The van der Waals surface area contributed by atoms with Gasteiger partial charge in [-0.05, 0) is 12.3 Å². The van der Waals surface area contributed by atoms with E-state index in [1.54, 1.807) is 0 Å². The van der Waals surface area contributed by atoms with Crippen LogP contribution in [-0.2, 0) is 9.59 Å². The largest absolute Gasteiger partial charge is 0.355 e. The molecule has 1 unspecified atom stereocenters. The minimum absolute atomic E-state index is 0.0520. The average molecular weight is 270 g/mol. The molecular weight excluding hydrogens is 244 g/mol. The Balaban J connectivity index is 2.28. The van der Waals surface area contributed by atoms with Gasteiger partial charge in [0, 0.05) is 31.6 Å². The van der Waals surface area contributed by atoms with E-state index in [1.807, 2.05) is 20.8 Å². The third-order valence-corrected chi connectivity index (χ3v) is 3.46. The monoisotopic (exact) mass is 270 g/mol. The summed E-state index contributed by atoms with van der Waals surface area (Å²) in [5, 5.41) is 9.09. The van der Waals surface area contributed by atoms with Crippen molar-refractivity contribution in [3.05, 3.63) is 0 Å². The van der Waals surface area contributed by atoms with Crippen LogP contribution in [0.2, 0.25) is 0 Å². The molecule has 0 aromatic heterocycles. The van der Waals surface area contributed by atoms with Crippen LogP contribution in [-0.4, -0.2) is 43.0 Å². The van der Waals surface area contributed by atoms with Crippen LogP contribution in [0.15, 0.2) is 0 Å². The van der Waals surface area contributed by atoms with Gasteiger partial charge in [0.25, 0.3) is 0 Å². The van der Waals surface area contributed by atoms with Gasteiger partial charge in [0.1, 0.15) is 0 Å². The topological polar surface area (TPSA) is 96.2 Å². The Hall–Kier alpha value is -1.14. The quantitative estimate of drug-likeness (QED) is 0.515. The highest BCUT2D eigenvalue weighted by Crippen LogP contribution is 2.07. The molecule has 110 valence electrons. The van der Waals surface area contributed by atoms with Gasteiger partial charge in [0.2, 0.25) is 11.8 Å². The second kappa shape index (κ2) is 7.45. The Labute approximate surface area is 114 Å². The summed E-state index contributed by atoms with van der Waals surface area (Å²) >= 11 is 0. The molecule has 0 bridgehead atoms. The fourth-order valence-corrected chi connectivity index (χ4v) is 2.05. The first-order valence-electron chi connectivity index (χ1n) is 7.00. The van der Waals surface area contributed by atoms with E-state index in [4.69, 9.17) is 5.73 Å². The van der Waals surface area contributed by atoms with Crippen LogP contribution in [0.3, 0.4) is 0 Å². The molecule has 2 amide bonds. The Bertz CT molecular complexity index is 320. The summed E-state index contributed by atoms with van der Waals surface area (Å²) in [6.45, 7) is 7.02. The maximum atomic E-state index is 11.8. The number of rotatable bonds is 6. The maximum Gasteiger partial charge on any atom is 0.237 e. The molecule has 0 radical (unpaired) electrons. The van der Waals surface area contributed by atoms with E-state index < -0.39 is 6.04 Å². The first-order chi connectivity index (χ1) is 8.93. The zero-order valence-corrected chi connectivity index (χ0v) is 12.0. The molecule has 0 aromatic carbocycles. The first-order valence-corrected chi connectivity index (χ1v) is 7.00. The third-order valence-electron chi connectivity index (χ3n) is 3.46. The standard InChI is InChI=1S/C13H26N4O2/c1-4-11(18)16-6-9-5-10(7-15-9)17-13(19)12(14)8(2)3/h8-10,12,15H,4-7,14H2,1-3H3,(H,16,18)(H,17,19)/t9-,10?,12+/m0/s1. The van der Waals surface area contributed by atoms with Gasteiger partial charge in [-0.2, -0.15) is 0 Å². The number of amides is 2. The molecule has 0 spiro atoms. The Morgan fingerprint density at radius 1 is 1.42 bits per heavy atom. The molecule has 6 nitrogen and oxygen atoms in total. The Morgan fingerprint density at radius 3 is 2.68 bits per heavy atom. The lowest BCUT2D eigenvalue weighted by Gasteiger charge is -2.18. The van der Waals surface area contributed by atoms with Crippen molar-refractivity contribution in [2.45, 2.75) is 51.7 Å². The normalized spacial score (nSPS) is 24.3. The zero-order chi connectivity index (χ0) is 14.4. The second-order valence-electron chi connectivity index (χ2n) is 5.47. The molecule has 5 N–H and O–H groups in total. The van der Waals surface area contributed by atoms with Crippen LogP contribution in [0.25, 0.3) is 0 Å². The van der Waals surface area contributed by atoms with Gasteiger partial charge in [0.05, 0.1) is 6.04 Å². The molecule has 1 aliphatic heterocycles. The van der Waals surface area contributed by atoms with Gasteiger partial charge in [-0.1, -0.05) is 20.8 Å². The predicted molar refractivity (Wildman–Crippen MR) is 74.5 cm³/mol. The van der Waals surface area contributed by atoms with Crippen molar-refractivity contribution in [2.75, 3.05) is 13.1 Å². The minimum atomic E-state index is -0.459. The van der Waals surface area contributed by atoms with Crippen LogP contribution >= 0.6 is 0 Å².